The van der Waals surface area contributed by atoms with Gasteiger partial charge < -0.3 is 129 Å². The molecule has 5 heterocycles. The highest BCUT2D eigenvalue weighted by atomic mass is 16.7. The molecule has 86 heavy (non-hydrogen) atoms. The Balaban J connectivity index is 0.000000171. The molecule has 2 aliphatic heterocycles. The van der Waals surface area contributed by atoms with E-state index in [4.69, 9.17) is 32.2 Å². The van der Waals surface area contributed by atoms with Crippen LogP contribution < -0.4 is 21.0 Å². The third-order valence-corrected chi connectivity index (χ3v) is 13.5. The van der Waals surface area contributed by atoms with Crippen molar-refractivity contribution in [3.8, 4) is 114 Å². The van der Waals surface area contributed by atoms with Gasteiger partial charge in [-0.1, -0.05) is 0 Å². The van der Waals surface area contributed by atoms with Crippen molar-refractivity contribution < 1.29 is 129 Å². The van der Waals surface area contributed by atoms with Crippen LogP contribution in [0.3, 0.4) is 0 Å². The van der Waals surface area contributed by atoms with E-state index in [-0.39, 0.29) is 84.7 Å². The molecule has 9 aromatic rings. The molecule has 2 saturated heterocycles. The fraction of sp³-hybridized carbons (Fsp3) is 0.211. The zero-order valence-corrected chi connectivity index (χ0v) is 43.8. The summed E-state index contributed by atoms with van der Waals surface area (Å²) in [5.74, 6) is -7.18. The largest absolute Gasteiger partial charge is 0.508 e. The number of benzene rings is 6. The molecule has 2 fully saturated rings. The summed E-state index contributed by atoms with van der Waals surface area (Å²) in [7, 11) is 0. The highest BCUT2D eigenvalue weighted by Crippen LogP contribution is 2.42. The minimum Gasteiger partial charge on any atom is -0.508 e. The maximum absolute atomic E-state index is 13.6. The quantitative estimate of drug-likeness (QED) is 0.0972. The van der Waals surface area contributed by atoms with E-state index in [1.54, 1.807) is 0 Å². The lowest BCUT2D eigenvalue weighted by Gasteiger charge is -2.42. The smallest absolute Gasteiger partial charge is 0.239 e. The first-order valence-electron chi connectivity index (χ1n) is 25.1. The first kappa shape index (κ1) is 60.4. The molecule has 6 aromatic carbocycles. The Hall–Kier alpha value is -10.2. The minimum absolute atomic E-state index is 0.0163. The van der Waals surface area contributed by atoms with Gasteiger partial charge in [-0.25, -0.2) is 0 Å². The lowest BCUT2D eigenvalue weighted by atomic mass is 9.98. The van der Waals surface area contributed by atoms with Gasteiger partial charge in [0.15, 0.2) is 57.7 Å². The number of rotatable bonds is 8. The van der Waals surface area contributed by atoms with Crippen molar-refractivity contribution in [2.45, 2.75) is 68.3 Å². The number of aromatic hydroxyl groups is 13. The van der Waals surface area contributed by atoms with E-state index in [1.165, 1.54) is 43.3 Å². The lowest BCUT2D eigenvalue weighted by Crippen LogP contribution is -2.61. The molecule has 452 valence electrons. The van der Waals surface area contributed by atoms with Gasteiger partial charge in [-0.2, -0.15) is 0 Å². The van der Waals surface area contributed by atoms with Crippen LogP contribution in [0.15, 0.2) is 125 Å². The number of aliphatic hydroxyl groups excluding tert-OH is 6. The van der Waals surface area contributed by atoms with Gasteiger partial charge in [0.05, 0.1) is 12.7 Å². The summed E-state index contributed by atoms with van der Waals surface area (Å²) in [5, 5.41) is 187. The van der Waals surface area contributed by atoms with Gasteiger partial charge in [-0.3, -0.25) is 14.4 Å². The van der Waals surface area contributed by atoms with Crippen molar-refractivity contribution in [1.82, 2.24) is 0 Å². The third kappa shape index (κ3) is 11.8. The number of ether oxygens (including phenoxy) is 4. The second kappa shape index (κ2) is 23.8. The second-order valence-electron chi connectivity index (χ2n) is 19.4. The Morgan fingerprint density at radius 1 is 0.407 bits per heavy atom. The zero-order valence-electron chi connectivity index (χ0n) is 43.8. The summed E-state index contributed by atoms with van der Waals surface area (Å²) < 4.78 is 38.6. The Bertz CT molecular complexity index is 4250. The van der Waals surface area contributed by atoms with E-state index < -0.39 is 141 Å². The molecule has 0 bridgehead atoms. The van der Waals surface area contributed by atoms with Crippen LogP contribution >= 0.6 is 0 Å². The van der Waals surface area contributed by atoms with Crippen LogP contribution in [0.2, 0.25) is 0 Å². The summed E-state index contributed by atoms with van der Waals surface area (Å²) in [5.41, 5.74) is -2.34. The van der Waals surface area contributed by atoms with Gasteiger partial charge in [0.1, 0.15) is 116 Å². The monoisotopic (exact) mass is 1200 g/mol. The SMILES string of the molecule is C[C@@H]1O[C@@H](OC[C@H]2O[C@@H](Oc3c(-c4ccc(O)c(O)c4)oc4cc(O)cc(O)c4c3=O)[C@H](O)[C@@H](O)[C@@H]2O)[C@H](O)[C@H](O)[C@H]1O.O=c1c(O)c(-c2ccc(O)c(O)c2)oc2cc(O)cc(O)c12.O=c1cc(-c2ccc(O)c(O)c2)oc2cc(O)cc(O)c12. The Morgan fingerprint density at radius 3 is 1.38 bits per heavy atom. The highest BCUT2D eigenvalue weighted by molar-refractivity contribution is 5.90. The molecule has 10 atom stereocenters. The van der Waals surface area contributed by atoms with E-state index in [2.05, 4.69) is 0 Å². The van der Waals surface area contributed by atoms with Crippen LogP contribution in [0, 0.1) is 0 Å². The third-order valence-electron chi connectivity index (χ3n) is 13.5. The summed E-state index contributed by atoms with van der Waals surface area (Å²) in [6.07, 6.45) is -16.2. The number of aliphatic hydroxyl groups is 6. The van der Waals surface area contributed by atoms with E-state index in [0.29, 0.717) is 5.56 Å². The molecule has 19 N–H and O–H groups in total. The maximum Gasteiger partial charge on any atom is 0.239 e. The van der Waals surface area contributed by atoms with Crippen LogP contribution in [-0.4, -0.2) is 165 Å². The minimum atomic E-state index is -1.97. The van der Waals surface area contributed by atoms with Crippen LogP contribution in [0.5, 0.6) is 80.5 Å². The molecule has 0 radical (unpaired) electrons. The molecule has 3 aromatic heterocycles. The fourth-order valence-corrected chi connectivity index (χ4v) is 9.05. The van der Waals surface area contributed by atoms with Crippen molar-refractivity contribution in [3.63, 3.8) is 0 Å². The van der Waals surface area contributed by atoms with Gasteiger partial charge in [0, 0.05) is 59.2 Å². The van der Waals surface area contributed by atoms with Crippen LogP contribution in [-0.2, 0) is 14.2 Å². The predicted octanol–water partition coefficient (Wildman–Crippen LogP) is 2.58. The fourth-order valence-electron chi connectivity index (χ4n) is 9.05. The van der Waals surface area contributed by atoms with Crippen LogP contribution in [0.25, 0.3) is 66.9 Å². The van der Waals surface area contributed by atoms with E-state index in [0.717, 1.165) is 60.7 Å². The molecular formula is C57H50O29. The van der Waals surface area contributed by atoms with Crippen molar-refractivity contribution in [3.05, 3.63) is 128 Å². The Kier molecular flexibility index (Phi) is 16.7. The molecule has 0 amide bonds. The first-order chi connectivity index (χ1) is 40.6. The standard InChI is InChI=1S/C27H30O16.C15H10O7.C15H10O6/c1-8-17(32)20(35)22(37)26(40-8)39-7-15-18(33)21(36)23(38)27(42-15)43-25-19(34)16-13(31)5-10(28)6-14(16)41-24(25)9-2-3-11(29)12(30)4-9;16-7-4-10(19)12-11(5-7)22-15(14(21)13(12)20)6-1-2-8(17)9(18)3-6;16-8-4-11(19)15-12(20)6-13(21-14(15)5-8)7-1-2-9(17)10(18)3-7/h2-6,8,15,17-18,20-23,26-33,35-38H,7H2,1H3;1-5,16-19,21H;1-6,16-19H/t8-,15+,17-,18+,20+,21-,22+,23+,26+,27-;;/m0../s1. The predicted molar refractivity (Wildman–Crippen MR) is 291 cm³/mol. The summed E-state index contributed by atoms with van der Waals surface area (Å²) in [4.78, 5) is 37.8. The van der Waals surface area contributed by atoms with Crippen molar-refractivity contribution in [2.24, 2.45) is 0 Å². The van der Waals surface area contributed by atoms with E-state index in [1.807, 2.05) is 0 Å². The highest BCUT2D eigenvalue weighted by Gasteiger charge is 2.48. The molecule has 0 aliphatic carbocycles. The van der Waals surface area contributed by atoms with Gasteiger partial charge in [0.2, 0.25) is 28.6 Å². The summed E-state index contributed by atoms with van der Waals surface area (Å²) in [6, 6.07) is 18.2. The molecule has 29 nitrogen and oxygen atoms in total. The van der Waals surface area contributed by atoms with E-state index >= 15 is 0 Å². The molecule has 0 saturated carbocycles. The topological polar surface area (TPSA) is 512 Å². The van der Waals surface area contributed by atoms with E-state index in [9.17, 15) is 111 Å². The first-order valence-corrected chi connectivity index (χ1v) is 25.1. The number of phenols is 12. The van der Waals surface area contributed by atoms with Crippen molar-refractivity contribution in [2.75, 3.05) is 6.61 Å². The zero-order chi connectivity index (χ0) is 62.5. The number of hydrogen-bond acceptors (Lipinski definition) is 29. The maximum atomic E-state index is 13.6. The number of fused-ring (bicyclic) bond motifs is 3. The molecule has 11 rings (SSSR count). The average Bonchev–Trinajstić information content (AvgIpc) is 1.02. The number of hydrogen-bond donors (Lipinski definition) is 19. The van der Waals surface area contributed by atoms with Gasteiger partial charge in [0.25, 0.3) is 0 Å². The second-order valence-corrected chi connectivity index (χ2v) is 19.4. The summed E-state index contributed by atoms with van der Waals surface area (Å²) >= 11 is 0. The Morgan fingerprint density at radius 2 is 0.849 bits per heavy atom. The van der Waals surface area contributed by atoms with Crippen molar-refractivity contribution in [1.29, 1.82) is 0 Å². The van der Waals surface area contributed by atoms with Gasteiger partial charge in [-0.05, 0) is 61.5 Å². The molecule has 0 spiro atoms. The summed E-state index contributed by atoms with van der Waals surface area (Å²) in [6.45, 7) is 0.818. The van der Waals surface area contributed by atoms with Gasteiger partial charge >= 0.3 is 0 Å². The molecule has 0 unspecified atom stereocenters. The molecule has 29 heteroatoms. The average molecular weight is 1200 g/mol. The van der Waals surface area contributed by atoms with Crippen molar-refractivity contribution >= 4 is 32.9 Å². The van der Waals surface area contributed by atoms with Crippen LogP contribution in [0.4, 0.5) is 0 Å². The van der Waals surface area contributed by atoms with Crippen LogP contribution in [0.1, 0.15) is 6.92 Å². The van der Waals surface area contributed by atoms with Gasteiger partial charge in [-0.15, -0.1) is 0 Å². The molecular weight excluding hydrogens is 1150 g/mol. The normalized spacial score (nSPS) is 21.9. The Labute approximate surface area is 478 Å². The number of phenolic OH excluding ortho intramolecular Hbond substituents is 12. The lowest BCUT2D eigenvalue weighted by molar-refractivity contribution is -0.318. The molecule has 2 aliphatic rings.